The Hall–Kier alpha value is -4.07. The zero-order valence-corrected chi connectivity index (χ0v) is 22.8. The molecule has 1 aliphatic heterocycles. The molecule has 0 spiro atoms. The second-order valence-corrected chi connectivity index (χ2v) is 10.4. The Bertz CT molecular complexity index is 1570. The minimum Gasteiger partial charge on any atom is -0.338 e. The summed E-state index contributed by atoms with van der Waals surface area (Å²) in [5, 5.41) is 1.62. The summed E-state index contributed by atoms with van der Waals surface area (Å²) in [5.41, 5.74) is 3.74. The predicted molar refractivity (Wildman–Crippen MR) is 157 cm³/mol. The third-order valence-electron chi connectivity index (χ3n) is 7.42. The Kier molecular flexibility index (Phi) is 7.32. The maximum absolute atomic E-state index is 13.7. The van der Waals surface area contributed by atoms with E-state index in [0.29, 0.717) is 24.1 Å². The molecule has 202 valence electrons. The van der Waals surface area contributed by atoms with E-state index >= 15 is 0 Å². The van der Waals surface area contributed by atoms with Crippen molar-refractivity contribution in [2.24, 2.45) is 0 Å². The first kappa shape index (κ1) is 26.2. The highest BCUT2D eigenvalue weighted by molar-refractivity contribution is 6.30. The molecule has 0 N–H and O–H groups in total. The number of benzene rings is 4. The Morgan fingerprint density at radius 3 is 2.00 bits per heavy atom. The standard InChI is InChI=1S/C32H28ClF2N5/c1-38(27-6-4-5-24(33)21-27)31-28-7-2-3-8-29(28)36-32(37-31)40-19-17-39(18-20-40)30(22-9-13-25(34)14-10-22)23-11-15-26(35)16-12-23/h2-16,21,30H,17-20H2,1H3. The number of nitrogens with zero attached hydrogens (tertiary/aromatic N) is 5. The molecule has 1 fully saturated rings. The van der Waals surface area contributed by atoms with Gasteiger partial charge >= 0.3 is 0 Å². The lowest BCUT2D eigenvalue weighted by molar-refractivity contribution is 0.211. The summed E-state index contributed by atoms with van der Waals surface area (Å²) in [4.78, 5) is 16.5. The molecule has 2 heterocycles. The lowest BCUT2D eigenvalue weighted by atomic mass is 9.96. The number of halogens is 3. The van der Waals surface area contributed by atoms with Crippen molar-refractivity contribution >= 4 is 40.0 Å². The monoisotopic (exact) mass is 555 g/mol. The summed E-state index contributed by atoms with van der Waals surface area (Å²) in [6, 6.07) is 28.7. The Morgan fingerprint density at radius 2 is 1.38 bits per heavy atom. The largest absolute Gasteiger partial charge is 0.338 e. The number of hydrogen-bond acceptors (Lipinski definition) is 5. The average Bonchev–Trinajstić information content (AvgIpc) is 2.98. The second kappa shape index (κ2) is 11.2. The number of anilines is 3. The van der Waals surface area contributed by atoms with E-state index in [-0.39, 0.29) is 17.7 Å². The smallest absolute Gasteiger partial charge is 0.227 e. The van der Waals surface area contributed by atoms with E-state index < -0.39 is 0 Å². The molecule has 5 aromatic rings. The minimum absolute atomic E-state index is 0.120. The summed E-state index contributed by atoms with van der Waals surface area (Å²) < 4.78 is 27.4. The molecule has 0 atom stereocenters. The van der Waals surface area contributed by atoms with Crippen molar-refractivity contribution in [3.8, 4) is 0 Å². The van der Waals surface area contributed by atoms with Crippen molar-refractivity contribution in [2.75, 3.05) is 43.0 Å². The van der Waals surface area contributed by atoms with Crippen LogP contribution in [0, 0.1) is 11.6 Å². The molecule has 8 heteroatoms. The van der Waals surface area contributed by atoms with Gasteiger partial charge in [0.15, 0.2) is 0 Å². The van der Waals surface area contributed by atoms with Crippen LogP contribution in [0.3, 0.4) is 0 Å². The zero-order valence-electron chi connectivity index (χ0n) is 22.0. The number of rotatable bonds is 6. The van der Waals surface area contributed by atoms with Crippen LogP contribution in [0.2, 0.25) is 5.02 Å². The van der Waals surface area contributed by atoms with E-state index in [9.17, 15) is 8.78 Å². The summed E-state index contributed by atoms with van der Waals surface area (Å²) in [6.45, 7) is 2.87. The lowest BCUT2D eigenvalue weighted by Gasteiger charge is -2.40. The molecule has 0 unspecified atom stereocenters. The topological polar surface area (TPSA) is 35.5 Å². The molecule has 0 amide bonds. The number of hydrogen-bond donors (Lipinski definition) is 0. The van der Waals surface area contributed by atoms with Crippen LogP contribution < -0.4 is 9.80 Å². The molecule has 0 bridgehead atoms. The van der Waals surface area contributed by atoms with Crippen molar-refractivity contribution in [1.82, 2.24) is 14.9 Å². The van der Waals surface area contributed by atoms with E-state index in [1.54, 1.807) is 24.3 Å². The van der Waals surface area contributed by atoms with Crippen molar-refractivity contribution in [3.63, 3.8) is 0 Å². The second-order valence-electron chi connectivity index (χ2n) is 9.93. The van der Waals surface area contributed by atoms with Crippen LogP contribution in [-0.2, 0) is 0 Å². The van der Waals surface area contributed by atoms with E-state index in [1.807, 2.05) is 60.5 Å². The van der Waals surface area contributed by atoms with Crippen LogP contribution in [0.15, 0.2) is 97.1 Å². The molecule has 1 saturated heterocycles. The lowest BCUT2D eigenvalue weighted by Crippen LogP contribution is -2.48. The fourth-order valence-corrected chi connectivity index (χ4v) is 5.52. The van der Waals surface area contributed by atoms with Crippen LogP contribution in [-0.4, -0.2) is 48.1 Å². The van der Waals surface area contributed by atoms with Gasteiger partial charge in [0, 0.05) is 49.3 Å². The average molecular weight is 556 g/mol. The Labute approximate surface area is 237 Å². The van der Waals surface area contributed by atoms with Crippen molar-refractivity contribution in [1.29, 1.82) is 0 Å². The maximum Gasteiger partial charge on any atom is 0.227 e. The minimum atomic E-state index is -0.279. The van der Waals surface area contributed by atoms with Gasteiger partial charge in [0.1, 0.15) is 17.5 Å². The summed E-state index contributed by atoms with van der Waals surface area (Å²) >= 11 is 6.28. The first-order valence-corrected chi connectivity index (χ1v) is 13.6. The van der Waals surface area contributed by atoms with E-state index in [4.69, 9.17) is 21.6 Å². The molecule has 4 aromatic carbocycles. The van der Waals surface area contributed by atoms with Crippen LogP contribution >= 0.6 is 11.6 Å². The molecule has 0 aliphatic carbocycles. The van der Waals surface area contributed by atoms with Gasteiger partial charge < -0.3 is 9.80 Å². The van der Waals surface area contributed by atoms with Gasteiger partial charge in [0.25, 0.3) is 0 Å². The highest BCUT2D eigenvalue weighted by atomic mass is 35.5. The number of fused-ring (bicyclic) bond motifs is 1. The molecule has 0 radical (unpaired) electrons. The number of para-hydroxylation sites is 1. The SMILES string of the molecule is CN(c1cccc(Cl)c1)c1nc(N2CCN(C(c3ccc(F)cc3)c3ccc(F)cc3)CC2)nc2ccccc12. The van der Waals surface area contributed by atoms with Crippen LogP contribution in [0.5, 0.6) is 0 Å². The van der Waals surface area contributed by atoms with E-state index in [2.05, 4.69) is 9.80 Å². The molecule has 5 nitrogen and oxygen atoms in total. The van der Waals surface area contributed by atoms with Crippen molar-refractivity contribution in [2.45, 2.75) is 6.04 Å². The summed E-state index contributed by atoms with van der Waals surface area (Å²) in [6.07, 6.45) is 0. The molecule has 40 heavy (non-hydrogen) atoms. The molecular weight excluding hydrogens is 528 g/mol. The van der Waals surface area contributed by atoms with E-state index in [1.165, 1.54) is 24.3 Å². The van der Waals surface area contributed by atoms with Crippen LogP contribution in [0.1, 0.15) is 17.2 Å². The summed E-state index contributed by atoms with van der Waals surface area (Å²) in [5.74, 6) is 0.917. The Morgan fingerprint density at radius 1 is 0.750 bits per heavy atom. The highest BCUT2D eigenvalue weighted by Gasteiger charge is 2.28. The van der Waals surface area contributed by atoms with Gasteiger partial charge in [-0.1, -0.05) is 54.1 Å². The first-order valence-electron chi connectivity index (χ1n) is 13.2. The molecule has 0 saturated carbocycles. The molecular formula is C32H28ClF2N5. The Balaban J connectivity index is 1.29. The molecule has 6 rings (SSSR count). The molecule has 1 aliphatic rings. The fraction of sp³-hybridized carbons (Fsp3) is 0.188. The van der Waals surface area contributed by atoms with Gasteiger partial charge in [0.05, 0.1) is 11.6 Å². The van der Waals surface area contributed by atoms with Crippen molar-refractivity contribution < 1.29 is 8.78 Å². The van der Waals surface area contributed by atoms with Gasteiger partial charge in [0.2, 0.25) is 5.95 Å². The third kappa shape index (κ3) is 5.35. The van der Waals surface area contributed by atoms with Gasteiger partial charge in [-0.05, 0) is 65.7 Å². The fourth-order valence-electron chi connectivity index (χ4n) is 5.34. The van der Waals surface area contributed by atoms with Crippen LogP contribution in [0.4, 0.5) is 26.2 Å². The van der Waals surface area contributed by atoms with Crippen molar-refractivity contribution in [3.05, 3.63) is 125 Å². The summed E-state index contributed by atoms with van der Waals surface area (Å²) in [7, 11) is 1.98. The van der Waals surface area contributed by atoms with Crippen LogP contribution in [0.25, 0.3) is 10.9 Å². The number of piperazine rings is 1. The van der Waals surface area contributed by atoms with Gasteiger partial charge in [-0.3, -0.25) is 4.90 Å². The predicted octanol–water partition coefficient (Wildman–Crippen LogP) is 7.24. The number of aromatic nitrogens is 2. The van der Waals surface area contributed by atoms with Gasteiger partial charge in [-0.2, -0.15) is 4.98 Å². The van der Waals surface area contributed by atoms with Gasteiger partial charge in [-0.15, -0.1) is 0 Å². The molecule has 1 aromatic heterocycles. The maximum atomic E-state index is 13.7. The van der Waals surface area contributed by atoms with Gasteiger partial charge in [-0.25, -0.2) is 13.8 Å². The third-order valence-corrected chi connectivity index (χ3v) is 7.65. The highest BCUT2D eigenvalue weighted by Crippen LogP contribution is 2.34. The first-order chi connectivity index (χ1) is 19.5. The zero-order chi connectivity index (χ0) is 27.6. The normalized spacial score (nSPS) is 14.2. The quantitative estimate of drug-likeness (QED) is 0.221. The van der Waals surface area contributed by atoms with E-state index in [0.717, 1.165) is 46.6 Å².